The number of primary amides is 1. The first-order chi connectivity index (χ1) is 9.94. The standard InChI is InChI=1S/C17H24N2O2/c1-3-4-13-5-7-14(8-6-13)15(20)11-19-10-9-17(2,12-19)16(18)21/h5-8H,3-4,9-12H2,1-2H3,(H2,18,21). The molecule has 4 nitrogen and oxygen atoms in total. The number of Topliss-reactive ketones (excluding diaryl/α,β-unsaturated/α-hetero) is 1. The minimum Gasteiger partial charge on any atom is -0.369 e. The molecule has 4 heteroatoms. The highest BCUT2D eigenvalue weighted by atomic mass is 16.1. The van der Waals surface area contributed by atoms with E-state index in [1.807, 2.05) is 36.1 Å². The Morgan fingerprint density at radius 2 is 1.95 bits per heavy atom. The fourth-order valence-electron chi connectivity index (χ4n) is 2.83. The van der Waals surface area contributed by atoms with Crippen LogP contribution in [0.2, 0.25) is 0 Å². The summed E-state index contributed by atoms with van der Waals surface area (Å²) in [5.74, 6) is -0.173. The molecule has 0 aromatic heterocycles. The van der Waals surface area contributed by atoms with Crippen LogP contribution in [0.4, 0.5) is 0 Å². The molecule has 1 fully saturated rings. The van der Waals surface area contributed by atoms with Gasteiger partial charge in [-0.2, -0.15) is 0 Å². The molecule has 2 N–H and O–H groups in total. The van der Waals surface area contributed by atoms with E-state index in [4.69, 9.17) is 5.73 Å². The first kappa shape index (κ1) is 15.7. The number of benzene rings is 1. The molecule has 1 heterocycles. The number of nitrogens with zero attached hydrogens (tertiary/aromatic N) is 1. The number of likely N-dealkylation sites (tertiary alicyclic amines) is 1. The topological polar surface area (TPSA) is 63.4 Å². The molecule has 1 unspecified atom stereocenters. The molecule has 1 aromatic rings. The van der Waals surface area contributed by atoms with Crippen LogP contribution < -0.4 is 5.73 Å². The van der Waals surface area contributed by atoms with Gasteiger partial charge >= 0.3 is 0 Å². The quantitative estimate of drug-likeness (QED) is 0.815. The van der Waals surface area contributed by atoms with Crippen molar-refractivity contribution in [1.29, 1.82) is 0 Å². The maximum atomic E-state index is 12.3. The number of ketones is 1. The van der Waals surface area contributed by atoms with Crippen molar-refractivity contribution in [1.82, 2.24) is 4.90 Å². The van der Waals surface area contributed by atoms with Crippen molar-refractivity contribution in [3.05, 3.63) is 35.4 Å². The predicted molar refractivity (Wildman–Crippen MR) is 83.1 cm³/mol. The van der Waals surface area contributed by atoms with Crippen LogP contribution in [0, 0.1) is 5.41 Å². The highest BCUT2D eigenvalue weighted by molar-refractivity contribution is 5.97. The van der Waals surface area contributed by atoms with Gasteiger partial charge in [0.25, 0.3) is 0 Å². The summed E-state index contributed by atoms with van der Waals surface area (Å²) in [5.41, 5.74) is 6.94. The van der Waals surface area contributed by atoms with E-state index in [2.05, 4.69) is 6.92 Å². The summed E-state index contributed by atoms with van der Waals surface area (Å²) in [5, 5.41) is 0. The van der Waals surface area contributed by atoms with Crippen molar-refractivity contribution >= 4 is 11.7 Å². The maximum Gasteiger partial charge on any atom is 0.224 e. The number of nitrogens with two attached hydrogens (primary N) is 1. The first-order valence-electron chi connectivity index (χ1n) is 7.59. The Labute approximate surface area is 126 Å². The number of carbonyl (C=O) groups excluding carboxylic acids is 2. The number of amides is 1. The molecule has 21 heavy (non-hydrogen) atoms. The van der Waals surface area contributed by atoms with Crippen molar-refractivity contribution in [2.75, 3.05) is 19.6 Å². The zero-order valence-corrected chi connectivity index (χ0v) is 12.9. The molecule has 114 valence electrons. The van der Waals surface area contributed by atoms with Crippen molar-refractivity contribution in [2.24, 2.45) is 11.1 Å². The average Bonchev–Trinajstić information content (AvgIpc) is 2.83. The fourth-order valence-corrected chi connectivity index (χ4v) is 2.83. The molecule has 1 aliphatic rings. The van der Waals surface area contributed by atoms with E-state index in [1.54, 1.807) is 0 Å². The minimum atomic E-state index is -0.495. The molecule has 1 aromatic carbocycles. The van der Waals surface area contributed by atoms with E-state index >= 15 is 0 Å². The SMILES string of the molecule is CCCc1ccc(C(=O)CN2CCC(C)(C(N)=O)C2)cc1. The summed E-state index contributed by atoms with van der Waals surface area (Å²) in [6.45, 7) is 5.69. The van der Waals surface area contributed by atoms with Crippen molar-refractivity contribution in [3.63, 3.8) is 0 Å². The van der Waals surface area contributed by atoms with Gasteiger partial charge in [0.15, 0.2) is 5.78 Å². The smallest absolute Gasteiger partial charge is 0.224 e. The molecule has 1 aliphatic heterocycles. The lowest BCUT2D eigenvalue weighted by molar-refractivity contribution is -0.126. The maximum absolute atomic E-state index is 12.3. The average molecular weight is 288 g/mol. The zero-order chi connectivity index (χ0) is 15.5. The predicted octanol–water partition coefficient (Wildman–Crippen LogP) is 2.02. The van der Waals surface area contributed by atoms with Crippen molar-refractivity contribution in [2.45, 2.75) is 33.1 Å². The lowest BCUT2D eigenvalue weighted by atomic mass is 9.89. The van der Waals surface area contributed by atoms with E-state index < -0.39 is 5.41 Å². The fraction of sp³-hybridized carbons (Fsp3) is 0.529. The molecule has 1 atom stereocenters. The summed E-state index contributed by atoms with van der Waals surface area (Å²) >= 11 is 0. The Kier molecular flexibility index (Phi) is 4.78. The summed E-state index contributed by atoms with van der Waals surface area (Å²) in [6.07, 6.45) is 2.87. The van der Waals surface area contributed by atoms with Crippen LogP contribution in [0.5, 0.6) is 0 Å². The highest BCUT2D eigenvalue weighted by Crippen LogP contribution is 2.29. The van der Waals surface area contributed by atoms with E-state index in [-0.39, 0.29) is 11.7 Å². The normalized spacial score (nSPS) is 22.4. The Morgan fingerprint density at radius 1 is 1.29 bits per heavy atom. The number of hydrogen-bond acceptors (Lipinski definition) is 3. The van der Waals surface area contributed by atoms with Crippen LogP contribution >= 0.6 is 0 Å². The van der Waals surface area contributed by atoms with E-state index in [1.165, 1.54) is 5.56 Å². The molecular weight excluding hydrogens is 264 g/mol. The lowest BCUT2D eigenvalue weighted by Gasteiger charge is -2.20. The Morgan fingerprint density at radius 3 is 2.48 bits per heavy atom. The van der Waals surface area contributed by atoms with Gasteiger partial charge in [-0.05, 0) is 31.9 Å². The van der Waals surface area contributed by atoms with Crippen LogP contribution in [0.1, 0.15) is 42.6 Å². The van der Waals surface area contributed by atoms with Crippen LogP contribution in [-0.2, 0) is 11.2 Å². The molecule has 0 saturated carbocycles. The molecule has 0 radical (unpaired) electrons. The second-order valence-corrected chi connectivity index (χ2v) is 6.26. The highest BCUT2D eigenvalue weighted by Gasteiger charge is 2.39. The molecular formula is C17H24N2O2. The van der Waals surface area contributed by atoms with Crippen molar-refractivity contribution < 1.29 is 9.59 Å². The van der Waals surface area contributed by atoms with Gasteiger partial charge in [0.1, 0.15) is 0 Å². The van der Waals surface area contributed by atoms with E-state index in [0.717, 1.165) is 31.4 Å². The number of rotatable bonds is 6. The Hall–Kier alpha value is -1.68. The van der Waals surface area contributed by atoms with Crippen LogP contribution in [-0.4, -0.2) is 36.2 Å². The van der Waals surface area contributed by atoms with Gasteiger partial charge in [-0.15, -0.1) is 0 Å². The summed E-state index contributed by atoms with van der Waals surface area (Å²) in [6, 6.07) is 7.84. The zero-order valence-electron chi connectivity index (χ0n) is 12.9. The monoisotopic (exact) mass is 288 g/mol. The number of aryl methyl sites for hydroxylation is 1. The summed E-state index contributed by atoms with van der Waals surface area (Å²) < 4.78 is 0. The second-order valence-electron chi connectivity index (χ2n) is 6.26. The van der Waals surface area contributed by atoms with Gasteiger partial charge in [0, 0.05) is 12.1 Å². The lowest BCUT2D eigenvalue weighted by Crippen LogP contribution is -2.38. The van der Waals surface area contributed by atoms with Crippen LogP contribution in [0.3, 0.4) is 0 Å². The molecule has 0 bridgehead atoms. The summed E-state index contributed by atoms with van der Waals surface area (Å²) in [4.78, 5) is 25.7. The Bertz CT molecular complexity index is 524. The first-order valence-corrected chi connectivity index (χ1v) is 7.59. The van der Waals surface area contributed by atoms with Gasteiger partial charge in [-0.25, -0.2) is 0 Å². The molecule has 0 spiro atoms. The molecule has 0 aliphatic carbocycles. The van der Waals surface area contributed by atoms with E-state index in [9.17, 15) is 9.59 Å². The third-order valence-corrected chi connectivity index (χ3v) is 4.33. The second kappa shape index (κ2) is 6.39. The third kappa shape index (κ3) is 3.70. The van der Waals surface area contributed by atoms with E-state index in [0.29, 0.717) is 13.1 Å². The van der Waals surface area contributed by atoms with Gasteiger partial charge < -0.3 is 5.73 Å². The van der Waals surface area contributed by atoms with Crippen molar-refractivity contribution in [3.8, 4) is 0 Å². The Balaban J connectivity index is 1.94. The van der Waals surface area contributed by atoms with Crippen LogP contribution in [0.25, 0.3) is 0 Å². The largest absolute Gasteiger partial charge is 0.369 e. The van der Waals surface area contributed by atoms with Crippen LogP contribution in [0.15, 0.2) is 24.3 Å². The number of carbonyl (C=O) groups is 2. The third-order valence-electron chi connectivity index (χ3n) is 4.33. The summed E-state index contributed by atoms with van der Waals surface area (Å²) in [7, 11) is 0. The molecule has 1 saturated heterocycles. The minimum absolute atomic E-state index is 0.103. The van der Waals surface area contributed by atoms with Gasteiger partial charge in [-0.1, -0.05) is 37.6 Å². The molecule has 2 rings (SSSR count). The molecule has 1 amide bonds. The number of hydrogen-bond donors (Lipinski definition) is 1. The van der Waals surface area contributed by atoms with Gasteiger partial charge in [0.2, 0.25) is 5.91 Å². The van der Waals surface area contributed by atoms with Gasteiger partial charge in [-0.3, -0.25) is 14.5 Å². The van der Waals surface area contributed by atoms with Gasteiger partial charge in [0.05, 0.1) is 12.0 Å².